The van der Waals surface area contributed by atoms with Crippen molar-refractivity contribution in [2.45, 2.75) is 18.9 Å². The Morgan fingerprint density at radius 3 is 2.92 bits per heavy atom. The van der Waals surface area contributed by atoms with Gasteiger partial charge in [0.1, 0.15) is 5.82 Å². The summed E-state index contributed by atoms with van der Waals surface area (Å²) in [7, 11) is 1.74. The van der Waals surface area contributed by atoms with E-state index in [1.165, 1.54) is 0 Å². The van der Waals surface area contributed by atoms with Gasteiger partial charge in [0, 0.05) is 46.1 Å². The van der Waals surface area contributed by atoms with Gasteiger partial charge in [0.2, 0.25) is 0 Å². The van der Waals surface area contributed by atoms with E-state index in [0.29, 0.717) is 29.0 Å². The molecule has 3 N–H and O–H groups in total. The second kappa shape index (κ2) is 11.4. The van der Waals surface area contributed by atoms with Crippen molar-refractivity contribution in [1.82, 2.24) is 15.6 Å². The molecule has 0 bridgehead atoms. The standard InChI is InChI=1S/C16H25Cl2N5O2/c1-19-16(21-4-2-7-25-13-3-8-24-11-13)22-6-5-20-15-14(18)9-12(17)10-23-15/h9-10,13H,2-8,11H2,1H3,(H,20,23)(H2,19,21,22). The van der Waals surface area contributed by atoms with Gasteiger partial charge in [-0.1, -0.05) is 23.2 Å². The summed E-state index contributed by atoms with van der Waals surface area (Å²) in [5, 5.41) is 10.6. The molecule has 1 saturated heterocycles. The van der Waals surface area contributed by atoms with E-state index in [4.69, 9.17) is 32.7 Å². The summed E-state index contributed by atoms with van der Waals surface area (Å²) in [6.07, 6.45) is 3.73. The van der Waals surface area contributed by atoms with E-state index >= 15 is 0 Å². The van der Waals surface area contributed by atoms with Gasteiger partial charge in [0.15, 0.2) is 5.96 Å². The van der Waals surface area contributed by atoms with Crippen LogP contribution in [-0.4, -0.2) is 63.6 Å². The molecule has 0 radical (unpaired) electrons. The number of guanidine groups is 1. The van der Waals surface area contributed by atoms with Gasteiger partial charge in [-0.2, -0.15) is 0 Å². The van der Waals surface area contributed by atoms with E-state index in [2.05, 4.69) is 25.9 Å². The summed E-state index contributed by atoms with van der Waals surface area (Å²) in [6, 6.07) is 1.66. The Labute approximate surface area is 158 Å². The zero-order chi connectivity index (χ0) is 17.9. The summed E-state index contributed by atoms with van der Waals surface area (Å²) in [5.41, 5.74) is 0. The maximum Gasteiger partial charge on any atom is 0.191 e. The lowest BCUT2D eigenvalue weighted by Gasteiger charge is -2.14. The molecule has 25 heavy (non-hydrogen) atoms. The van der Waals surface area contributed by atoms with Crippen LogP contribution in [-0.2, 0) is 9.47 Å². The number of nitrogens with zero attached hydrogens (tertiary/aromatic N) is 2. The number of nitrogens with one attached hydrogen (secondary N) is 3. The molecule has 2 rings (SSSR count). The van der Waals surface area contributed by atoms with Gasteiger partial charge in [-0.05, 0) is 18.9 Å². The Bertz CT molecular complexity index is 553. The minimum Gasteiger partial charge on any atom is -0.379 e. The lowest BCUT2D eigenvalue weighted by Crippen LogP contribution is -2.40. The molecule has 9 heteroatoms. The van der Waals surface area contributed by atoms with Crippen molar-refractivity contribution in [2.75, 3.05) is 51.8 Å². The van der Waals surface area contributed by atoms with Crippen LogP contribution >= 0.6 is 23.2 Å². The number of aromatic nitrogens is 1. The molecule has 1 aliphatic heterocycles. The van der Waals surface area contributed by atoms with E-state index in [1.807, 2.05) is 0 Å². The minimum absolute atomic E-state index is 0.261. The molecule has 1 aliphatic rings. The van der Waals surface area contributed by atoms with Crippen LogP contribution in [0.2, 0.25) is 10.0 Å². The molecule has 0 amide bonds. The van der Waals surface area contributed by atoms with Crippen molar-refractivity contribution in [3.8, 4) is 0 Å². The van der Waals surface area contributed by atoms with Crippen molar-refractivity contribution in [1.29, 1.82) is 0 Å². The largest absolute Gasteiger partial charge is 0.379 e. The van der Waals surface area contributed by atoms with Crippen LogP contribution in [0.25, 0.3) is 0 Å². The predicted octanol–water partition coefficient (Wildman–Crippen LogP) is 2.16. The highest BCUT2D eigenvalue weighted by Gasteiger charge is 2.15. The maximum absolute atomic E-state index is 6.06. The number of ether oxygens (including phenoxy) is 2. The topological polar surface area (TPSA) is 79.8 Å². The van der Waals surface area contributed by atoms with Crippen LogP contribution in [0.1, 0.15) is 12.8 Å². The molecule has 0 aromatic carbocycles. The van der Waals surface area contributed by atoms with Gasteiger partial charge in [0.05, 0.1) is 22.8 Å². The lowest BCUT2D eigenvalue weighted by molar-refractivity contribution is 0.0420. The zero-order valence-electron chi connectivity index (χ0n) is 14.4. The van der Waals surface area contributed by atoms with Crippen molar-refractivity contribution in [3.63, 3.8) is 0 Å². The monoisotopic (exact) mass is 389 g/mol. The van der Waals surface area contributed by atoms with Crippen LogP contribution in [0.3, 0.4) is 0 Å². The van der Waals surface area contributed by atoms with Crippen LogP contribution < -0.4 is 16.0 Å². The molecule has 0 saturated carbocycles. The van der Waals surface area contributed by atoms with Crippen LogP contribution in [0.4, 0.5) is 5.82 Å². The average Bonchev–Trinajstić information content (AvgIpc) is 3.11. The molecule has 0 aliphatic carbocycles. The minimum atomic E-state index is 0.261. The number of aliphatic imine (C=N–C) groups is 1. The number of anilines is 1. The molecule has 1 aromatic rings. The van der Waals surface area contributed by atoms with Crippen molar-refractivity contribution < 1.29 is 9.47 Å². The molecule has 1 unspecified atom stereocenters. The van der Waals surface area contributed by atoms with Crippen LogP contribution in [0.15, 0.2) is 17.3 Å². The SMILES string of the molecule is CN=C(NCCCOC1CCOC1)NCCNc1ncc(Cl)cc1Cl. The molecule has 140 valence electrons. The van der Waals surface area contributed by atoms with Gasteiger partial charge < -0.3 is 25.4 Å². The summed E-state index contributed by atoms with van der Waals surface area (Å²) < 4.78 is 11.0. The quantitative estimate of drug-likeness (QED) is 0.341. The Hall–Kier alpha value is -1.28. The number of hydrogen-bond acceptors (Lipinski definition) is 5. The van der Waals surface area contributed by atoms with E-state index in [-0.39, 0.29) is 6.10 Å². The van der Waals surface area contributed by atoms with Gasteiger partial charge in [-0.3, -0.25) is 4.99 Å². The van der Waals surface area contributed by atoms with E-state index in [1.54, 1.807) is 19.3 Å². The summed E-state index contributed by atoms with van der Waals surface area (Å²) in [5.74, 6) is 1.37. The molecule has 0 spiro atoms. The van der Waals surface area contributed by atoms with Gasteiger partial charge in [0.25, 0.3) is 0 Å². The number of pyridine rings is 1. The smallest absolute Gasteiger partial charge is 0.191 e. The first-order chi connectivity index (χ1) is 12.2. The zero-order valence-corrected chi connectivity index (χ0v) is 15.9. The Balaban J connectivity index is 1.54. The third-order valence-electron chi connectivity index (χ3n) is 3.60. The fourth-order valence-corrected chi connectivity index (χ4v) is 2.75. The second-order valence-electron chi connectivity index (χ2n) is 5.55. The maximum atomic E-state index is 6.06. The highest BCUT2D eigenvalue weighted by molar-refractivity contribution is 6.35. The van der Waals surface area contributed by atoms with Gasteiger partial charge in [-0.25, -0.2) is 4.98 Å². The molecule has 1 aromatic heterocycles. The second-order valence-corrected chi connectivity index (χ2v) is 6.39. The predicted molar refractivity (Wildman–Crippen MR) is 102 cm³/mol. The number of hydrogen-bond donors (Lipinski definition) is 3. The average molecular weight is 390 g/mol. The number of halogens is 2. The molecule has 7 nitrogen and oxygen atoms in total. The fraction of sp³-hybridized carbons (Fsp3) is 0.625. The highest BCUT2D eigenvalue weighted by atomic mass is 35.5. The first-order valence-corrected chi connectivity index (χ1v) is 9.13. The highest BCUT2D eigenvalue weighted by Crippen LogP contribution is 2.21. The van der Waals surface area contributed by atoms with Gasteiger partial charge in [-0.15, -0.1) is 0 Å². The van der Waals surface area contributed by atoms with Crippen molar-refractivity contribution >= 4 is 35.0 Å². The van der Waals surface area contributed by atoms with E-state index in [0.717, 1.165) is 45.2 Å². The third kappa shape index (κ3) is 7.64. The fourth-order valence-electron chi connectivity index (χ4n) is 2.30. The number of rotatable bonds is 9. The molecular formula is C16H25Cl2N5O2. The molecular weight excluding hydrogens is 365 g/mol. The Morgan fingerprint density at radius 1 is 1.36 bits per heavy atom. The molecule has 1 atom stereocenters. The van der Waals surface area contributed by atoms with Crippen molar-refractivity contribution in [2.24, 2.45) is 4.99 Å². The Morgan fingerprint density at radius 2 is 2.20 bits per heavy atom. The lowest BCUT2D eigenvalue weighted by atomic mass is 10.3. The first kappa shape index (κ1) is 20.0. The summed E-state index contributed by atoms with van der Waals surface area (Å²) in [6.45, 7) is 4.38. The summed E-state index contributed by atoms with van der Waals surface area (Å²) >= 11 is 11.9. The van der Waals surface area contributed by atoms with Crippen LogP contribution in [0.5, 0.6) is 0 Å². The van der Waals surface area contributed by atoms with E-state index in [9.17, 15) is 0 Å². The van der Waals surface area contributed by atoms with Crippen molar-refractivity contribution in [3.05, 3.63) is 22.3 Å². The summed E-state index contributed by atoms with van der Waals surface area (Å²) in [4.78, 5) is 8.33. The van der Waals surface area contributed by atoms with Crippen LogP contribution in [0, 0.1) is 0 Å². The van der Waals surface area contributed by atoms with Gasteiger partial charge >= 0.3 is 0 Å². The first-order valence-electron chi connectivity index (χ1n) is 8.38. The normalized spacial score (nSPS) is 17.6. The molecule has 1 fully saturated rings. The molecule has 2 heterocycles. The third-order valence-corrected chi connectivity index (χ3v) is 4.09. The van der Waals surface area contributed by atoms with E-state index < -0.39 is 0 Å². The Kier molecular flexibility index (Phi) is 9.10.